The molecule has 1 aliphatic heterocycles. The lowest BCUT2D eigenvalue weighted by Crippen LogP contribution is -2.32. The lowest BCUT2D eigenvalue weighted by atomic mass is 10.0. The van der Waals surface area contributed by atoms with E-state index in [0.29, 0.717) is 6.04 Å². The molecule has 0 aliphatic carbocycles. The largest absolute Gasteiger partial charge is 0.310 e. The predicted octanol–water partition coefficient (Wildman–Crippen LogP) is 4.65. The molecule has 1 unspecified atom stereocenters. The van der Waals surface area contributed by atoms with Gasteiger partial charge in [-0.05, 0) is 69.6 Å². The normalized spacial score (nSPS) is 17.8. The molecule has 1 N–H and O–H groups in total. The highest BCUT2D eigenvalue weighted by molar-refractivity contribution is 6.30. The first-order valence-corrected chi connectivity index (χ1v) is 8.88. The number of nitrogens with one attached hydrogen (secondary N) is 1. The van der Waals surface area contributed by atoms with Crippen molar-refractivity contribution in [3.05, 3.63) is 34.9 Å². The number of hydrogen-bond acceptors (Lipinski definition) is 2. The van der Waals surface area contributed by atoms with Gasteiger partial charge in [0.25, 0.3) is 0 Å². The van der Waals surface area contributed by atoms with E-state index in [1.807, 2.05) is 12.1 Å². The van der Waals surface area contributed by atoms with Crippen molar-refractivity contribution in [2.45, 2.75) is 51.5 Å². The van der Waals surface area contributed by atoms with Crippen LogP contribution in [-0.2, 0) is 0 Å². The van der Waals surface area contributed by atoms with Crippen molar-refractivity contribution in [1.29, 1.82) is 0 Å². The number of hydrogen-bond donors (Lipinski definition) is 1. The summed E-state index contributed by atoms with van der Waals surface area (Å²) in [4.78, 5) is 2.61. The van der Waals surface area contributed by atoms with Crippen molar-refractivity contribution in [3.8, 4) is 0 Å². The molecular formula is C18H29ClN2. The third kappa shape index (κ3) is 5.98. The lowest BCUT2D eigenvalue weighted by molar-refractivity contribution is 0.224. The minimum absolute atomic E-state index is 0.466. The summed E-state index contributed by atoms with van der Waals surface area (Å²) in [6, 6.07) is 8.76. The van der Waals surface area contributed by atoms with Crippen LogP contribution in [-0.4, -0.2) is 31.1 Å². The number of benzene rings is 1. The molecule has 0 spiro atoms. The van der Waals surface area contributed by atoms with Crippen LogP contribution < -0.4 is 5.32 Å². The second kappa shape index (κ2) is 9.45. The molecule has 1 aromatic rings. The van der Waals surface area contributed by atoms with Gasteiger partial charge in [-0.3, -0.25) is 0 Å². The van der Waals surface area contributed by atoms with Crippen LogP contribution in [0, 0.1) is 0 Å². The van der Waals surface area contributed by atoms with E-state index in [0.717, 1.165) is 11.6 Å². The maximum atomic E-state index is 5.98. The first-order chi connectivity index (χ1) is 10.3. The van der Waals surface area contributed by atoms with Gasteiger partial charge < -0.3 is 10.2 Å². The summed E-state index contributed by atoms with van der Waals surface area (Å²) in [5.41, 5.74) is 1.36. The number of rotatable bonds is 8. The molecule has 0 radical (unpaired) electrons. The summed E-state index contributed by atoms with van der Waals surface area (Å²) < 4.78 is 0. The van der Waals surface area contributed by atoms with Gasteiger partial charge in [0.05, 0.1) is 0 Å². The van der Waals surface area contributed by atoms with Crippen LogP contribution in [0.15, 0.2) is 24.3 Å². The smallest absolute Gasteiger partial charge is 0.0406 e. The maximum absolute atomic E-state index is 5.98. The van der Waals surface area contributed by atoms with Crippen molar-refractivity contribution >= 4 is 11.6 Å². The van der Waals surface area contributed by atoms with E-state index in [4.69, 9.17) is 11.6 Å². The van der Waals surface area contributed by atoms with Crippen molar-refractivity contribution in [2.24, 2.45) is 0 Å². The molecule has 1 aliphatic rings. The van der Waals surface area contributed by atoms with Crippen LogP contribution in [0.3, 0.4) is 0 Å². The molecule has 3 heteroatoms. The first kappa shape index (κ1) is 16.8. The van der Waals surface area contributed by atoms with Gasteiger partial charge >= 0.3 is 0 Å². The number of piperidine rings is 1. The molecule has 0 saturated carbocycles. The average Bonchev–Trinajstić information content (AvgIpc) is 2.52. The Kier molecular flexibility index (Phi) is 7.56. The Labute approximate surface area is 134 Å². The van der Waals surface area contributed by atoms with E-state index in [2.05, 4.69) is 29.3 Å². The maximum Gasteiger partial charge on any atom is 0.0406 e. The Hall–Kier alpha value is -0.570. The predicted molar refractivity (Wildman–Crippen MR) is 92.0 cm³/mol. The highest BCUT2D eigenvalue weighted by Gasteiger charge is 2.11. The van der Waals surface area contributed by atoms with Crippen molar-refractivity contribution in [2.75, 3.05) is 26.2 Å². The molecule has 1 atom stereocenters. The van der Waals surface area contributed by atoms with Crippen LogP contribution in [0.1, 0.15) is 57.1 Å². The molecule has 118 valence electrons. The topological polar surface area (TPSA) is 15.3 Å². The zero-order chi connectivity index (χ0) is 14.9. The fraction of sp³-hybridized carbons (Fsp3) is 0.667. The monoisotopic (exact) mass is 308 g/mol. The van der Waals surface area contributed by atoms with E-state index < -0.39 is 0 Å². The van der Waals surface area contributed by atoms with E-state index in [1.54, 1.807) is 0 Å². The standard InChI is InChI=1S/C18H29ClN2/c1-2-7-18(16-8-10-17(19)11-9-16)20-12-6-15-21-13-4-3-5-14-21/h8-11,18,20H,2-7,12-15H2,1H3. The summed E-state index contributed by atoms with van der Waals surface area (Å²) in [6.45, 7) is 7.19. The quantitative estimate of drug-likeness (QED) is 0.703. The molecule has 1 fully saturated rings. The van der Waals surface area contributed by atoms with Gasteiger partial charge in [-0.15, -0.1) is 0 Å². The third-order valence-corrected chi connectivity index (χ3v) is 4.59. The Morgan fingerprint density at radius 1 is 1.14 bits per heavy atom. The van der Waals surface area contributed by atoms with Crippen molar-refractivity contribution in [1.82, 2.24) is 10.2 Å². The van der Waals surface area contributed by atoms with Crippen LogP contribution >= 0.6 is 11.6 Å². The molecule has 1 aromatic carbocycles. The molecule has 0 aromatic heterocycles. The Bertz CT molecular complexity index is 385. The van der Waals surface area contributed by atoms with Crippen molar-refractivity contribution < 1.29 is 0 Å². The van der Waals surface area contributed by atoms with Crippen LogP contribution in [0.4, 0.5) is 0 Å². The summed E-state index contributed by atoms with van der Waals surface area (Å²) in [5.74, 6) is 0. The molecule has 21 heavy (non-hydrogen) atoms. The van der Waals surface area contributed by atoms with Gasteiger partial charge in [0, 0.05) is 11.1 Å². The Balaban J connectivity index is 1.73. The van der Waals surface area contributed by atoms with E-state index in [-0.39, 0.29) is 0 Å². The third-order valence-electron chi connectivity index (χ3n) is 4.34. The molecule has 2 rings (SSSR count). The van der Waals surface area contributed by atoms with Crippen LogP contribution in [0.2, 0.25) is 5.02 Å². The van der Waals surface area contributed by atoms with Gasteiger partial charge in [-0.25, -0.2) is 0 Å². The summed E-state index contributed by atoms with van der Waals surface area (Å²) >= 11 is 5.98. The average molecular weight is 309 g/mol. The highest BCUT2D eigenvalue weighted by Crippen LogP contribution is 2.20. The van der Waals surface area contributed by atoms with E-state index in [1.165, 1.54) is 63.7 Å². The van der Waals surface area contributed by atoms with Gasteiger partial charge in [-0.1, -0.05) is 43.5 Å². The van der Waals surface area contributed by atoms with Crippen molar-refractivity contribution in [3.63, 3.8) is 0 Å². The van der Waals surface area contributed by atoms with Crippen LogP contribution in [0.5, 0.6) is 0 Å². The zero-order valence-electron chi connectivity index (χ0n) is 13.3. The van der Waals surface area contributed by atoms with Gasteiger partial charge in [0.15, 0.2) is 0 Å². The molecule has 1 saturated heterocycles. The fourth-order valence-corrected chi connectivity index (χ4v) is 3.26. The number of nitrogens with zero attached hydrogens (tertiary/aromatic N) is 1. The SMILES string of the molecule is CCCC(NCCCN1CCCCC1)c1ccc(Cl)cc1. The van der Waals surface area contributed by atoms with Gasteiger partial charge in [0.1, 0.15) is 0 Å². The molecular weight excluding hydrogens is 280 g/mol. The second-order valence-corrected chi connectivity index (χ2v) is 6.54. The summed E-state index contributed by atoms with van der Waals surface area (Å²) in [5, 5.41) is 4.54. The Morgan fingerprint density at radius 3 is 2.52 bits per heavy atom. The highest BCUT2D eigenvalue weighted by atomic mass is 35.5. The van der Waals surface area contributed by atoms with Gasteiger partial charge in [0.2, 0.25) is 0 Å². The fourth-order valence-electron chi connectivity index (χ4n) is 3.13. The summed E-state index contributed by atoms with van der Waals surface area (Å²) in [7, 11) is 0. The first-order valence-electron chi connectivity index (χ1n) is 8.51. The summed E-state index contributed by atoms with van der Waals surface area (Å²) in [6.07, 6.45) is 7.82. The van der Waals surface area contributed by atoms with E-state index >= 15 is 0 Å². The second-order valence-electron chi connectivity index (χ2n) is 6.10. The van der Waals surface area contributed by atoms with Crippen LogP contribution in [0.25, 0.3) is 0 Å². The minimum Gasteiger partial charge on any atom is -0.310 e. The molecule has 1 heterocycles. The molecule has 2 nitrogen and oxygen atoms in total. The molecule has 0 amide bonds. The van der Waals surface area contributed by atoms with E-state index in [9.17, 15) is 0 Å². The Morgan fingerprint density at radius 2 is 1.86 bits per heavy atom. The zero-order valence-corrected chi connectivity index (χ0v) is 14.0. The van der Waals surface area contributed by atoms with Gasteiger partial charge in [-0.2, -0.15) is 0 Å². The number of likely N-dealkylation sites (tertiary alicyclic amines) is 1. The minimum atomic E-state index is 0.466. The molecule has 0 bridgehead atoms. The lowest BCUT2D eigenvalue weighted by Gasteiger charge is -2.27. The number of halogens is 1.